The maximum atomic E-state index is 13.0. The molecular formula is C22H27N5O5S. The molecule has 0 spiro atoms. The molecule has 1 aromatic carbocycles. The van der Waals surface area contributed by atoms with Gasteiger partial charge in [0.05, 0.1) is 38.3 Å². The molecule has 0 saturated carbocycles. The topological polar surface area (TPSA) is 107 Å². The summed E-state index contributed by atoms with van der Waals surface area (Å²) in [5, 5.41) is 5.19. The number of ether oxygens (including phenoxy) is 2. The van der Waals surface area contributed by atoms with Gasteiger partial charge in [0.1, 0.15) is 11.5 Å². The van der Waals surface area contributed by atoms with Crippen molar-refractivity contribution in [3.8, 4) is 11.5 Å². The Hall–Kier alpha value is -3.18. The minimum atomic E-state index is -3.24. The molecule has 0 unspecified atom stereocenters. The van der Waals surface area contributed by atoms with Crippen molar-refractivity contribution in [2.75, 3.05) is 46.2 Å². The third-order valence-corrected chi connectivity index (χ3v) is 7.70. The molecule has 11 heteroatoms. The number of carbonyl (C=O) groups is 1. The molecule has 0 atom stereocenters. The SMILES string of the molecule is CCS(=O)(=O)N1CCN(C(=O)c2cnc3c(cnn3Cc3ccc(OC)cc3OC)c2)CC1. The van der Waals surface area contributed by atoms with Crippen LogP contribution >= 0.6 is 0 Å². The number of pyridine rings is 1. The molecule has 2 aromatic heterocycles. The van der Waals surface area contributed by atoms with E-state index in [0.717, 1.165) is 10.9 Å². The first-order valence-corrected chi connectivity index (χ1v) is 12.3. The molecule has 1 aliphatic heterocycles. The van der Waals surface area contributed by atoms with Crippen molar-refractivity contribution in [3.05, 3.63) is 47.8 Å². The van der Waals surface area contributed by atoms with E-state index in [1.807, 2.05) is 18.2 Å². The molecule has 33 heavy (non-hydrogen) atoms. The quantitative estimate of drug-likeness (QED) is 0.513. The Bertz CT molecular complexity index is 1270. The second-order valence-corrected chi connectivity index (χ2v) is 9.97. The van der Waals surface area contributed by atoms with Crippen molar-refractivity contribution < 1.29 is 22.7 Å². The fourth-order valence-electron chi connectivity index (χ4n) is 3.88. The molecule has 0 bridgehead atoms. The van der Waals surface area contributed by atoms with Gasteiger partial charge in [0.15, 0.2) is 5.65 Å². The van der Waals surface area contributed by atoms with Gasteiger partial charge in [-0.3, -0.25) is 4.79 Å². The fourth-order valence-corrected chi connectivity index (χ4v) is 4.97. The van der Waals surface area contributed by atoms with E-state index in [2.05, 4.69) is 10.1 Å². The van der Waals surface area contributed by atoms with Gasteiger partial charge in [-0.2, -0.15) is 9.40 Å². The Morgan fingerprint density at radius 1 is 1.06 bits per heavy atom. The lowest BCUT2D eigenvalue weighted by Gasteiger charge is -2.33. The van der Waals surface area contributed by atoms with Crippen molar-refractivity contribution in [1.29, 1.82) is 0 Å². The largest absolute Gasteiger partial charge is 0.497 e. The highest BCUT2D eigenvalue weighted by Gasteiger charge is 2.28. The number of carbonyl (C=O) groups excluding carboxylic acids is 1. The molecule has 1 aliphatic rings. The zero-order chi connectivity index (χ0) is 23.6. The number of amides is 1. The highest BCUT2D eigenvalue weighted by atomic mass is 32.2. The van der Waals surface area contributed by atoms with Gasteiger partial charge >= 0.3 is 0 Å². The molecule has 3 heterocycles. The number of rotatable bonds is 7. The number of benzene rings is 1. The molecule has 3 aromatic rings. The predicted molar refractivity (Wildman–Crippen MR) is 123 cm³/mol. The van der Waals surface area contributed by atoms with Gasteiger partial charge < -0.3 is 14.4 Å². The standard InChI is InChI=1S/C22H27N5O5S/c1-4-33(29,30)26-9-7-25(8-10-26)22(28)18-11-17-14-24-27(21(17)23-13-18)15-16-5-6-19(31-2)12-20(16)32-3/h5-6,11-14H,4,7-10,15H2,1-3H3. The minimum Gasteiger partial charge on any atom is -0.497 e. The molecule has 0 radical (unpaired) electrons. The van der Waals surface area contributed by atoms with Gasteiger partial charge in [0.25, 0.3) is 5.91 Å². The lowest BCUT2D eigenvalue weighted by Crippen LogP contribution is -2.50. The number of hydrogen-bond donors (Lipinski definition) is 0. The maximum Gasteiger partial charge on any atom is 0.255 e. The molecule has 1 saturated heterocycles. The summed E-state index contributed by atoms with van der Waals surface area (Å²) < 4.78 is 38.0. The Morgan fingerprint density at radius 3 is 2.48 bits per heavy atom. The van der Waals surface area contributed by atoms with Gasteiger partial charge in [-0.15, -0.1) is 0 Å². The Morgan fingerprint density at radius 2 is 1.82 bits per heavy atom. The summed E-state index contributed by atoms with van der Waals surface area (Å²) in [7, 11) is -0.0333. The lowest BCUT2D eigenvalue weighted by atomic mass is 10.2. The van der Waals surface area contributed by atoms with Crippen LogP contribution < -0.4 is 9.47 Å². The van der Waals surface area contributed by atoms with Gasteiger partial charge in [0.2, 0.25) is 10.0 Å². The van der Waals surface area contributed by atoms with Crippen LogP contribution in [0.5, 0.6) is 11.5 Å². The second kappa shape index (κ2) is 9.36. The summed E-state index contributed by atoms with van der Waals surface area (Å²) >= 11 is 0. The lowest BCUT2D eigenvalue weighted by molar-refractivity contribution is 0.0697. The molecule has 4 rings (SSSR count). The average molecular weight is 474 g/mol. The van der Waals surface area contributed by atoms with Crippen molar-refractivity contribution >= 4 is 27.0 Å². The van der Waals surface area contributed by atoms with Crippen LogP contribution in [0.25, 0.3) is 11.0 Å². The highest BCUT2D eigenvalue weighted by Crippen LogP contribution is 2.26. The van der Waals surface area contributed by atoms with E-state index in [0.29, 0.717) is 55.4 Å². The number of fused-ring (bicyclic) bond motifs is 1. The van der Waals surface area contributed by atoms with Gasteiger partial charge in [-0.1, -0.05) is 0 Å². The van der Waals surface area contributed by atoms with E-state index < -0.39 is 10.0 Å². The van der Waals surface area contributed by atoms with Crippen LogP contribution in [0.2, 0.25) is 0 Å². The Balaban J connectivity index is 1.50. The Kier molecular flexibility index (Phi) is 6.52. The predicted octanol–water partition coefficient (Wildman–Crippen LogP) is 1.60. The molecule has 176 valence electrons. The van der Waals surface area contributed by atoms with Gasteiger partial charge in [-0.05, 0) is 25.1 Å². The first-order valence-electron chi connectivity index (χ1n) is 10.7. The van der Waals surface area contributed by atoms with Gasteiger partial charge in [0, 0.05) is 49.4 Å². The summed E-state index contributed by atoms with van der Waals surface area (Å²) in [6, 6.07) is 7.37. The third-order valence-electron chi connectivity index (χ3n) is 5.82. The number of sulfonamides is 1. The zero-order valence-electron chi connectivity index (χ0n) is 18.9. The third kappa shape index (κ3) is 4.64. The van der Waals surface area contributed by atoms with Crippen LogP contribution in [0.4, 0.5) is 0 Å². The summed E-state index contributed by atoms with van der Waals surface area (Å²) in [4.78, 5) is 19.1. The Labute approximate surface area is 192 Å². The van der Waals surface area contributed by atoms with Crippen LogP contribution in [0.1, 0.15) is 22.8 Å². The average Bonchev–Trinajstić information content (AvgIpc) is 3.25. The van der Waals surface area contributed by atoms with Crippen LogP contribution in [-0.2, 0) is 16.6 Å². The first-order chi connectivity index (χ1) is 15.9. The first kappa shape index (κ1) is 23.0. The van der Waals surface area contributed by atoms with E-state index in [-0.39, 0.29) is 11.7 Å². The monoisotopic (exact) mass is 473 g/mol. The van der Waals surface area contributed by atoms with Crippen LogP contribution in [-0.4, -0.2) is 84.4 Å². The summed E-state index contributed by atoms with van der Waals surface area (Å²) in [5.74, 6) is 1.29. The minimum absolute atomic E-state index is 0.0634. The van der Waals surface area contributed by atoms with Crippen LogP contribution in [0.15, 0.2) is 36.7 Å². The van der Waals surface area contributed by atoms with Crippen LogP contribution in [0.3, 0.4) is 0 Å². The van der Waals surface area contributed by atoms with E-state index >= 15 is 0 Å². The van der Waals surface area contributed by atoms with Crippen molar-refractivity contribution in [3.63, 3.8) is 0 Å². The van der Waals surface area contributed by atoms with Crippen molar-refractivity contribution in [2.45, 2.75) is 13.5 Å². The molecule has 0 aliphatic carbocycles. The number of methoxy groups -OCH3 is 2. The summed E-state index contributed by atoms with van der Waals surface area (Å²) in [6.07, 6.45) is 3.23. The van der Waals surface area contributed by atoms with E-state index in [4.69, 9.17) is 9.47 Å². The maximum absolute atomic E-state index is 13.0. The summed E-state index contributed by atoms with van der Waals surface area (Å²) in [6.45, 7) is 3.39. The molecule has 0 N–H and O–H groups in total. The van der Waals surface area contributed by atoms with Crippen molar-refractivity contribution in [2.24, 2.45) is 0 Å². The van der Waals surface area contributed by atoms with Crippen molar-refractivity contribution in [1.82, 2.24) is 24.0 Å². The fraction of sp³-hybridized carbons (Fsp3) is 0.409. The number of piperazine rings is 1. The van der Waals surface area contributed by atoms with E-state index in [1.165, 1.54) is 4.31 Å². The zero-order valence-corrected chi connectivity index (χ0v) is 19.7. The molecule has 10 nitrogen and oxygen atoms in total. The second-order valence-electron chi connectivity index (χ2n) is 7.71. The smallest absolute Gasteiger partial charge is 0.255 e. The van der Waals surface area contributed by atoms with Crippen LogP contribution in [0, 0.1) is 0 Å². The normalized spacial score (nSPS) is 15.1. The molecule has 1 amide bonds. The highest BCUT2D eigenvalue weighted by molar-refractivity contribution is 7.89. The van der Waals surface area contributed by atoms with E-state index in [9.17, 15) is 13.2 Å². The molecular weight excluding hydrogens is 446 g/mol. The number of hydrogen-bond acceptors (Lipinski definition) is 7. The number of nitrogens with zero attached hydrogens (tertiary/aromatic N) is 5. The van der Waals surface area contributed by atoms with Gasteiger partial charge in [-0.25, -0.2) is 18.1 Å². The van der Waals surface area contributed by atoms with E-state index in [1.54, 1.807) is 49.2 Å². The molecule has 1 fully saturated rings. The number of aromatic nitrogens is 3. The summed E-state index contributed by atoms with van der Waals surface area (Å²) in [5.41, 5.74) is 2.03.